The zero-order chi connectivity index (χ0) is 20.6. The maximum Gasteiger partial charge on any atom is 0.408 e. The molecule has 9 heteroatoms. The lowest BCUT2D eigenvalue weighted by atomic mass is 10.0. The van der Waals surface area contributed by atoms with Gasteiger partial charge in [-0.3, -0.25) is 4.79 Å². The summed E-state index contributed by atoms with van der Waals surface area (Å²) >= 11 is 1.18. The number of benzene rings is 1. The molecule has 3 N–H and O–H groups in total. The Hall–Kier alpha value is -2.55. The number of esters is 1. The molecule has 0 heterocycles. The summed E-state index contributed by atoms with van der Waals surface area (Å²) in [5, 5.41) is 2.68. The maximum absolute atomic E-state index is 12.0. The quantitative estimate of drug-likeness (QED) is 0.445. The molecule has 148 valence electrons. The molecule has 0 fully saturated rings. The summed E-state index contributed by atoms with van der Waals surface area (Å²) in [4.78, 5) is 39.6. The summed E-state index contributed by atoms with van der Waals surface area (Å²) in [5.74, 6) is -1.05. The number of aliphatic imine (C=N–C) groups is 1. The molecule has 0 radical (unpaired) electrons. The number of amidine groups is 1. The number of ether oxygens (including phenoxy) is 2. The monoisotopic (exact) mass is 395 g/mol. The lowest BCUT2D eigenvalue weighted by Gasteiger charge is -2.22. The number of thioether (sulfide) groups is 1. The summed E-state index contributed by atoms with van der Waals surface area (Å²) in [6.45, 7) is 5.17. The number of rotatable bonds is 5. The van der Waals surface area contributed by atoms with Crippen molar-refractivity contribution in [3.05, 3.63) is 35.4 Å². The van der Waals surface area contributed by atoms with Crippen LogP contribution in [0.4, 0.5) is 4.79 Å². The fraction of sp³-hybridized carbons (Fsp3) is 0.444. The van der Waals surface area contributed by atoms with Crippen LogP contribution in [0.15, 0.2) is 29.3 Å². The van der Waals surface area contributed by atoms with E-state index in [1.807, 2.05) is 0 Å². The topological polar surface area (TPSA) is 120 Å². The molecular formula is C18H25N3O5S. The molecule has 0 saturated heterocycles. The fourth-order valence-electron chi connectivity index (χ4n) is 2.01. The SMILES string of the molecule is COC(=O)[C@H](Cc1ccc(C(=O)N=C(N)SC)cc1)NC(=O)OC(C)(C)C. The number of carbonyl (C=O) groups is 3. The number of hydrogen-bond donors (Lipinski definition) is 2. The van der Waals surface area contributed by atoms with Gasteiger partial charge < -0.3 is 20.5 Å². The lowest BCUT2D eigenvalue weighted by Crippen LogP contribution is -2.45. The fourth-order valence-corrected chi connectivity index (χ4v) is 2.19. The van der Waals surface area contributed by atoms with E-state index in [9.17, 15) is 14.4 Å². The van der Waals surface area contributed by atoms with Gasteiger partial charge in [-0.15, -0.1) is 0 Å². The van der Waals surface area contributed by atoms with Crippen LogP contribution in [0.25, 0.3) is 0 Å². The minimum Gasteiger partial charge on any atom is -0.467 e. The molecule has 2 amide bonds. The van der Waals surface area contributed by atoms with Crippen molar-refractivity contribution in [1.82, 2.24) is 5.32 Å². The molecule has 0 aliphatic rings. The zero-order valence-electron chi connectivity index (χ0n) is 16.1. The van der Waals surface area contributed by atoms with Gasteiger partial charge in [0, 0.05) is 12.0 Å². The Morgan fingerprint density at radius 2 is 1.81 bits per heavy atom. The van der Waals surface area contributed by atoms with Gasteiger partial charge >= 0.3 is 12.1 Å². The number of amides is 2. The van der Waals surface area contributed by atoms with Crippen LogP contribution in [0, 0.1) is 0 Å². The van der Waals surface area contributed by atoms with Crippen LogP contribution in [0.1, 0.15) is 36.7 Å². The van der Waals surface area contributed by atoms with E-state index in [1.165, 1.54) is 18.9 Å². The van der Waals surface area contributed by atoms with E-state index in [0.29, 0.717) is 5.56 Å². The second-order valence-electron chi connectivity index (χ2n) is 6.58. The number of alkyl carbamates (subject to hydrolysis) is 1. The Labute approximate surface area is 162 Å². The first-order valence-electron chi connectivity index (χ1n) is 8.14. The van der Waals surface area contributed by atoms with E-state index < -0.39 is 29.6 Å². The first-order chi connectivity index (χ1) is 12.6. The summed E-state index contributed by atoms with van der Waals surface area (Å²) < 4.78 is 9.90. The van der Waals surface area contributed by atoms with Gasteiger partial charge in [-0.1, -0.05) is 23.9 Å². The maximum atomic E-state index is 12.0. The molecule has 0 unspecified atom stereocenters. The average Bonchev–Trinajstić information content (AvgIpc) is 2.59. The Kier molecular flexibility index (Phi) is 8.30. The Balaban J connectivity index is 2.85. The van der Waals surface area contributed by atoms with Gasteiger partial charge in [-0.05, 0) is 44.7 Å². The molecule has 0 aliphatic carbocycles. The molecule has 0 aliphatic heterocycles. The molecule has 1 aromatic carbocycles. The Morgan fingerprint density at radius 3 is 2.30 bits per heavy atom. The summed E-state index contributed by atoms with van der Waals surface area (Å²) in [6.07, 6.45) is 1.18. The second-order valence-corrected chi connectivity index (χ2v) is 7.41. The van der Waals surface area contributed by atoms with E-state index in [-0.39, 0.29) is 11.6 Å². The lowest BCUT2D eigenvalue weighted by molar-refractivity contribution is -0.143. The van der Waals surface area contributed by atoms with Crippen LogP contribution < -0.4 is 11.1 Å². The third-order valence-electron chi connectivity index (χ3n) is 3.24. The standard InChI is InChI=1S/C18H25N3O5S/c1-18(2,3)26-17(24)20-13(15(23)25-4)10-11-6-8-12(9-7-11)14(22)21-16(19)27-5/h6-9,13H,10H2,1-5H3,(H,20,24)(H2,19,21,22)/t13-/m0/s1. The molecule has 1 rings (SSSR count). The zero-order valence-corrected chi connectivity index (χ0v) is 16.9. The minimum absolute atomic E-state index is 0.177. The summed E-state index contributed by atoms with van der Waals surface area (Å²) in [5.41, 5.74) is 5.93. The Morgan fingerprint density at radius 1 is 1.22 bits per heavy atom. The first kappa shape index (κ1) is 22.5. The van der Waals surface area contributed by atoms with Gasteiger partial charge in [-0.25, -0.2) is 9.59 Å². The molecule has 0 spiro atoms. The molecule has 1 atom stereocenters. The summed E-state index contributed by atoms with van der Waals surface area (Å²) in [6, 6.07) is 5.58. The van der Waals surface area contributed by atoms with Crippen LogP contribution in [0.3, 0.4) is 0 Å². The molecule has 27 heavy (non-hydrogen) atoms. The van der Waals surface area contributed by atoms with Crippen molar-refractivity contribution in [2.45, 2.75) is 38.8 Å². The molecule has 0 saturated carbocycles. The van der Waals surface area contributed by atoms with Crippen molar-refractivity contribution in [3.63, 3.8) is 0 Å². The highest BCUT2D eigenvalue weighted by atomic mass is 32.2. The van der Waals surface area contributed by atoms with Crippen molar-refractivity contribution >= 4 is 34.9 Å². The van der Waals surface area contributed by atoms with Crippen molar-refractivity contribution in [3.8, 4) is 0 Å². The third kappa shape index (κ3) is 8.12. The largest absolute Gasteiger partial charge is 0.467 e. The normalized spacial score (nSPS) is 12.9. The van der Waals surface area contributed by atoms with Crippen LogP contribution >= 0.6 is 11.8 Å². The predicted molar refractivity (Wildman–Crippen MR) is 105 cm³/mol. The molecule has 0 aromatic heterocycles. The molecule has 0 bridgehead atoms. The average molecular weight is 395 g/mol. The van der Waals surface area contributed by atoms with E-state index in [0.717, 1.165) is 5.56 Å². The van der Waals surface area contributed by atoms with E-state index in [1.54, 1.807) is 51.3 Å². The Bertz CT molecular complexity index is 711. The molecule has 8 nitrogen and oxygen atoms in total. The molecule has 1 aromatic rings. The van der Waals surface area contributed by atoms with Crippen LogP contribution in [-0.4, -0.2) is 48.1 Å². The molecular weight excluding hydrogens is 370 g/mol. The second kappa shape index (κ2) is 9.96. The van der Waals surface area contributed by atoms with Crippen molar-refractivity contribution < 1.29 is 23.9 Å². The van der Waals surface area contributed by atoms with Crippen LogP contribution in [0.2, 0.25) is 0 Å². The van der Waals surface area contributed by atoms with Gasteiger partial charge in [0.2, 0.25) is 0 Å². The van der Waals surface area contributed by atoms with Gasteiger partial charge in [0.1, 0.15) is 11.6 Å². The van der Waals surface area contributed by atoms with Crippen LogP contribution in [0.5, 0.6) is 0 Å². The first-order valence-corrected chi connectivity index (χ1v) is 9.37. The van der Waals surface area contributed by atoms with Crippen molar-refractivity contribution in [1.29, 1.82) is 0 Å². The van der Waals surface area contributed by atoms with Gasteiger partial charge in [0.15, 0.2) is 5.17 Å². The third-order valence-corrected chi connectivity index (χ3v) is 3.75. The van der Waals surface area contributed by atoms with Gasteiger partial charge in [-0.2, -0.15) is 4.99 Å². The highest BCUT2D eigenvalue weighted by Gasteiger charge is 2.25. The number of nitrogens with one attached hydrogen (secondary N) is 1. The van der Waals surface area contributed by atoms with Crippen molar-refractivity contribution in [2.75, 3.05) is 13.4 Å². The number of nitrogens with two attached hydrogens (primary N) is 1. The minimum atomic E-state index is -0.920. The number of nitrogens with zero attached hydrogens (tertiary/aromatic N) is 1. The smallest absolute Gasteiger partial charge is 0.408 e. The summed E-state index contributed by atoms with van der Waals surface area (Å²) in [7, 11) is 1.24. The highest BCUT2D eigenvalue weighted by molar-refractivity contribution is 8.13. The van der Waals surface area contributed by atoms with E-state index in [4.69, 9.17) is 15.2 Å². The van der Waals surface area contributed by atoms with E-state index in [2.05, 4.69) is 10.3 Å². The van der Waals surface area contributed by atoms with Gasteiger partial charge in [0.25, 0.3) is 5.91 Å². The number of hydrogen-bond acceptors (Lipinski definition) is 6. The van der Waals surface area contributed by atoms with Gasteiger partial charge in [0.05, 0.1) is 7.11 Å². The van der Waals surface area contributed by atoms with Crippen LogP contribution in [-0.2, 0) is 20.7 Å². The predicted octanol–water partition coefficient (Wildman–Crippen LogP) is 2.11. The number of carbonyl (C=O) groups excluding carboxylic acids is 3. The van der Waals surface area contributed by atoms with Crippen molar-refractivity contribution in [2.24, 2.45) is 10.7 Å². The van der Waals surface area contributed by atoms with E-state index >= 15 is 0 Å². The highest BCUT2D eigenvalue weighted by Crippen LogP contribution is 2.11. The number of methoxy groups -OCH3 is 1.